The molecule has 388 valence electrons. The number of ether oxygens (including phenoxy) is 1. The van der Waals surface area contributed by atoms with Gasteiger partial charge < -0.3 is 42.2 Å². The fourth-order valence-corrected chi connectivity index (χ4v) is 10.7. The van der Waals surface area contributed by atoms with Crippen molar-refractivity contribution in [1.82, 2.24) is 25.8 Å². The molecule has 1 fully saturated rings. The molecule has 0 radical (unpaired) electrons. The average molecular weight is 1030 g/mol. The van der Waals surface area contributed by atoms with Crippen LogP contribution >= 0.6 is 23.7 Å². The zero-order chi connectivity index (χ0) is 51.1. The lowest BCUT2D eigenvalue weighted by molar-refractivity contribution is -0.144. The van der Waals surface area contributed by atoms with Crippen LogP contribution in [0.3, 0.4) is 0 Å². The number of nitrogens with two attached hydrogens (primary N) is 2. The number of amides is 6. The van der Waals surface area contributed by atoms with Crippen molar-refractivity contribution in [2.75, 3.05) is 18.1 Å². The van der Waals surface area contributed by atoms with Crippen LogP contribution in [0.1, 0.15) is 119 Å². The molecule has 72 heavy (non-hydrogen) atoms. The van der Waals surface area contributed by atoms with E-state index in [1.54, 1.807) is 16.2 Å². The Balaban J connectivity index is 0.00000847. The number of primary amides is 1. The Morgan fingerprint density at radius 3 is 2.35 bits per heavy atom. The summed E-state index contributed by atoms with van der Waals surface area (Å²) in [6.45, 7) is 11.4. The minimum atomic E-state index is -0.920. The highest BCUT2D eigenvalue weighted by molar-refractivity contribution is 7.13. The molecule has 6 amide bonds. The van der Waals surface area contributed by atoms with Crippen LogP contribution in [0.15, 0.2) is 66.2 Å². The molecule has 0 unspecified atom stereocenters. The van der Waals surface area contributed by atoms with Crippen LogP contribution < -0.4 is 37.1 Å². The van der Waals surface area contributed by atoms with Gasteiger partial charge in [-0.1, -0.05) is 81.8 Å². The molecule has 0 aliphatic carbocycles. The number of nitrogens with one attached hydrogen (secondary N) is 3. The third-order valence-electron chi connectivity index (χ3n) is 14.0. The number of anilines is 1. The van der Waals surface area contributed by atoms with Gasteiger partial charge in [0.05, 0.1) is 46.0 Å². The number of likely N-dealkylation sites (tertiary alicyclic amines) is 1. The standard InChI is InChI=1S/C54H70N8O8S.ClH/c1-31-15-16-34(25-44(31)70-29-39(22-24-45(56)64)59-51(67)43-26-38-13-10-12-36-21-23-41(55)52(68)62(43)47(36)38)11-8-7-9-14-46(65)60-49(54(4,5)6)53(69)61-28-40(63)27-42(61)50(66)58-32(2)35-17-19-37(20-18-35)48-33(3)57-30-71-48;/h10,12-13,15-20,25,30,32,39-43,49,63H,7-9,11,14,21-24,26-29,55H2,1-6H3,(H2,56,64)(H,58,66)(H,59,67)(H,60,65);1H/t32-,39-,40+,41-,42-,43-,49+;/m0./s1. The van der Waals surface area contributed by atoms with Gasteiger partial charge in [-0.3, -0.25) is 33.7 Å². The molecule has 8 N–H and O–H groups in total. The second-order valence-corrected chi connectivity index (χ2v) is 21.4. The Morgan fingerprint density at radius 2 is 1.65 bits per heavy atom. The molecule has 0 spiro atoms. The van der Waals surface area contributed by atoms with Gasteiger partial charge in [-0.05, 0) is 104 Å². The van der Waals surface area contributed by atoms with E-state index in [1.807, 2.05) is 108 Å². The molecule has 16 nitrogen and oxygen atoms in total. The SMILES string of the molecule is Cc1ccc(CCCCCC(=O)N[C@H](C(=O)N2C[C@H](O)C[C@H]2C(=O)N[C@@H](C)c2ccc(-c3scnc3C)cc2)C(C)(C)C)cc1OC[C@H](CCC(N)=O)NC(=O)[C@@H]1Cc2cccc3c2N1C(=O)[C@@H](N)CC3.Cl. The highest BCUT2D eigenvalue weighted by Crippen LogP contribution is 2.39. The van der Waals surface area contributed by atoms with Gasteiger partial charge >= 0.3 is 0 Å². The third-order valence-corrected chi connectivity index (χ3v) is 14.9. The van der Waals surface area contributed by atoms with Crippen LogP contribution in [0.25, 0.3) is 10.4 Å². The Bertz CT molecular complexity index is 2600. The van der Waals surface area contributed by atoms with Gasteiger partial charge in [0.2, 0.25) is 35.4 Å². The number of aryl methyl sites for hydroxylation is 4. The molecule has 1 aromatic heterocycles. The van der Waals surface area contributed by atoms with Crippen LogP contribution in [-0.2, 0) is 48.0 Å². The number of aliphatic hydroxyl groups is 1. The molecule has 0 saturated carbocycles. The van der Waals surface area contributed by atoms with Gasteiger partial charge in [0, 0.05) is 32.2 Å². The molecule has 1 saturated heterocycles. The van der Waals surface area contributed by atoms with Crippen molar-refractivity contribution in [3.8, 4) is 16.2 Å². The minimum Gasteiger partial charge on any atom is -0.491 e. The topological polar surface area (TPSA) is 239 Å². The van der Waals surface area contributed by atoms with Crippen LogP contribution in [0.4, 0.5) is 5.69 Å². The summed E-state index contributed by atoms with van der Waals surface area (Å²) in [5.74, 6) is -1.53. The predicted molar refractivity (Wildman–Crippen MR) is 281 cm³/mol. The fraction of sp³-hybridized carbons (Fsp3) is 0.500. The average Bonchev–Trinajstić information content (AvgIpc) is 4.05. The normalized spacial score (nSPS) is 19.6. The lowest BCUT2D eigenvalue weighted by Gasteiger charge is -2.35. The molecule has 3 aromatic carbocycles. The van der Waals surface area contributed by atoms with Gasteiger partial charge in [0.15, 0.2) is 0 Å². The van der Waals surface area contributed by atoms with E-state index in [4.69, 9.17) is 16.2 Å². The number of benzene rings is 3. The van der Waals surface area contributed by atoms with E-state index in [0.29, 0.717) is 31.4 Å². The molecule has 0 bridgehead atoms. The van der Waals surface area contributed by atoms with Crippen LogP contribution in [-0.4, -0.2) is 99.9 Å². The van der Waals surface area contributed by atoms with E-state index in [-0.39, 0.29) is 80.9 Å². The number of nitrogens with zero attached hydrogens (tertiary/aromatic N) is 3. The highest BCUT2D eigenvalue weighted by atomic mass is 35.5. The first-order valence-corrected chi connectivity index (χ1v) is 25.8. The smallest absolute Gasteiger partial charge is 0.246 e. The monoisotopic (exact) mass is 1030 g/mol. The Morgan fingerprint density at radius 1 is 0.931 bits per heavy atom. The number of thiazole rings is 1. The highest BCUT2D eigenvalue weighted by Gasteiger charge is 2.45. The lowest BCUT2D eigenvalue weighted by atomic mass is 9.85. The summed E-state index contributed by atoms with van der Waals surface area (Å²) in [7, 11) is 0. The van der Waals surface area contributed by atoms with E-state index < -0.39 is 53.5 Å². The summed E-state index contributed by atoms with van der Waals surface area (Å²) >= 11 is 1.57. The molecule has 3 aliphatic rings. The number of aromatic nitrogens is 1. The number of halogens is 1. The summed E-state index contributed by atoms with van der Waals surface area (Å²) in [5.41, 5.74) is 20.4. The number of hydrogen-bond donors (Lipinski definition) is 6. The van der Waals surface area contributed by atoms with Crippen molar-refractivity contribution >= 4 is 64.9 Å². The number of rotatable bonds is 20. The van der Waals surface area contributed by atoms with E-state index in [1.165, 1.54) is 4.90 Å². The van der Waals surface area contributed by atoms with E-state index in [9.17, 15) is 33.9 Å². The minimum absolute atomic E-state index is 0. The van der Waals surface area contributed by atoms with E-state index in [0.717, 1.165) is 68.9 Å². The number of unbranched alkanes of at least 4 members (excludes halogenated alkanes) is 2. The first-order chi connectivity index (χ1) is 33.8. The molecule has 3 aliphatic heterocycles. The molecule has 4 heterocycles. The van der Waals surface area contributed by atoms with Gasteiger partial charge in [0.1, 0.15) is 30.5 Å². The van der Waals surface area contributed by atoms with Crippen molar-refractivity contribution in [1.29, 1.82) is 0 Å². The number of β-amino-alcohol motifs (C(OH)–C–C–N with tert-alkyl or cyclic N) is 1. The zero-order valence-corrected chi connectivity index (χ0v) is 43.8. The molecule has 18 heteroatoms. The lowest BCUT2D eigenvalue weighted by Crippen LogP contribution is -2.57. The Kier molecular flexibility index (Phi) is 18.7. The van der Waals surface area contributed by atoms with E-state index >= 15 is 0 Å². The Hall–Kier alpha value is -5.88. The third kappa shape index (κ3) is 13.4. The second-order valence-electron chi connectivity index (χ2n) is 20.6. The van der Waals surface area contributed by atoms with Gasteiger partial charge in [0.25, 0.3) is 0 Å². The maximum absolute atomic E-state index is 14.2. The summed E-state index contributed by atoms with van der Waals surface area (Å²) in [5, 5.41) is 19.8. The van der Waals surface area contributed by atoms with Crippen molar-refractivity contribution in [2.45, 2.75) is 155 Å². The first-order valence-electron chi connectivity index (χ1n) is 24.9. The van der Waals surface area contributed by atoms with Crippen LogP contribution in [0.2, 0.25) is 0 Å². The Labute approximate surface area is 432 Å². The summed E-state index contributed by atoms with van der Waals surface area (Å²) in [4.78, 5) is 89.0. The first kappa shape index (κ1) is 55.4. The number of aliphatic hydroxyl groups excluding tert-OH is 1. The molecule has 4 aromatic rings. The zero-order valence-electron chi connectivity index (χ0n) is 42.2. The van der Waals surface area contributed by atoms with Gasteiger partial charge in [-0.2, -0.15) is 0 Å². The maximum Gasteiger partial charge on any atom is 0.246 e. The molecule has 7 rings (SSSR count). The number of carbonyl (C=O) groups is 6. The van der Waals surface area contributed by atoms with Gasteiger partial charge in [-0.15, -0.1) is 23.7 Å². The van der Waals surface area contributed by atoms with Crippen molar-refractivity contribution in [3.63, 3.8) is 0 Å². The van der Waals surface area contributed by atoms with Crippen molar-refractivity contribution in [2.24, 2.45) is 16.9 Å². The second kappa shape index (κ2) is 24.2. The quantitative estimate of drug-likeness (QED) is 0.0592. The molecular formula is C54H71ClN8O8S. The molecular weight excluding hydrogens is 956 g/mol. The number of carbonyl (C=O) groups excluding carboxylic acids is 6. The van der Waals surface area contributed by atoms with Gasteiger partial charge in [-0.25, -0.2) is 4.98 Å². The summed E-state index contributed by atoms with van der Waals surface area (Å²) in [6, 6.07) is 15.5. The van der Waals surface area contributed by atoms with Crippen molar-refractivity contribution < 1.29 is 38.6 Å². The summed E-state index contributed by atoms with van der Waals surface area (Å²) in [6.07, 6.45) is 4.06. The molecule has 7 atom stereocenters. The predicted octanol–water partition coefficient (Wildman–Crippen LogP) is 5.68. The number of para-hydroxylation sites is 1. The largest absolute Gasteiger partial charge is 0.491 e. The van der Waals surface area contributed by atoms with Crippen molar-refractivity contribution in [3.05, 3.63) is 99.7 Å². The fourth-order valence-electron chi connectivity index (χ4n) is 9.86. The van der Waals surface area contributed by atoms with Crippen LogP contribution in [0, 0.1) is 19.3 Å². The van der Waals surface area contributed by atoms with E-state index in [2.05, 4.69) is 20.9 Å². The maximum atomic E-state index is 14.2. The summed E-state index contributed by atoms with van der Waals surface area (Å²) < 4.78 is 6.31. The van der Waals surface area contributed by atoms with Crippen LogP contribution in [0.5, 0.6) is 5.75 Å². The number of hydrogen-bond acceptors (Lipinski definition) is 11.